The molecule has 8 heteroatoms. The molecule has 0 bridgehead atoms. The largest absolute Gasteiger partial charge is 0.326 e. The zero-order valence-corrected chi connectivity index (χ0v) is 16.1. The van der Waals surface area contributed by atoms with Crippen molar-refractivity contribution in [2.24, 2.45) is 0 Å². The fourth-order valence-electron chi connectivity index (χ4n) is 3.92. The molecule has 1 atom stereocenters. The fraction of sp³-hybridized carbons (Fsp3) is 0.136. The number of amides is 3. The van der Waals surface area contributed by atoms with Crippen LogP contribution in [-0.2, 0) is 17.0 Å². The van der Waals surface area contributed by atoms with Crippen LogP contribution in [0.15, 0.2) is 71.5 Å². The van der Waals surface area contributed by atoms with E-state index in [2.05, 4.69) is 15.6 Å². The molecule has 1 aliphatic rings. The molecule has 0 unspecified atom stereocenters. The lowest BCUT2D eigenvalue weighted by atomic mass is 9.88. The molecular weight excluding hydrogens is 382 g/mol. The van der Waals surface area contributed by atoms with Crippen molar-refractivity contribution >= 4 is 33.6 Å². The van der Waals surface area contributed by atoms with E-state index in [0.717, 1.165) is 20.4 Å². The van der Waals surface area contributed by atoms with Gasteiger partial charge in [-0.25, -0.2) is 9.69 Å². The average Bonchev–Trinajstić information content (AvgIpc) is 2.99. The maximum Gasteiger partial charge on any atom is 0.326 e. The van der Waals surface area contributed by atoms with Crippen LogP contribution in [0.2, 0.25) is 0 Å². The van der Waals surface area contributed by atoms with E-state index in [0.29, 0.717) is 16.5 Å². The molecule has 2 heterocycles. The van der Waals surface area contributed by atoms with Gasteiger partial charge in [-0.05, 0) is 35.4 Å². The summed E-state index contributed by atoms with van der Waals surface area (Å²) in [5.74, 6) is -0.453. The molecule has 148 valence electrons. The van der Waals surface area contributed by atoms with E-state index < -0.39 is 23.0 Å². The molecule has 8 nitrogen and oxygen atoms in total. The van der Waals surface area contributed by atoms with Gasteiger partial charge in [0, 0.05) is 0 Å². The average molecular weight is 399 g/mol. The van der Waals surface area contributed by atoms with Gasteiger partial charge in [0.05, 0.1) is 5.39 Å². The molecule has 30 heavy (non-hydrogen) atoms. The van der Waals surface area contributed by atoms with E-state index in [4.69, 9.17) is 0 Å². The Kier molecular flexibility index (Phi) is 3.89. The first-order chi connectivity index (χ1) is 14.5. The molecule has 1 saturated heterocycles. The predicted octanol–water partition coefficient (Wildman–Crippen LogP) is 2.37. The van der Waals surface area contributed by atoms with Gasteiger partial charge in [-0.1, -0.05) is 59.8 Å². The summed E-state index contributed by atoms with van der Waals surface area (Å²) in [5.41, 5.74) is -0.527. The van der Waals surface area contributed by atoms with E-state index in [1.54, 1.807) is 31.2 Å². The lowest BCUT2D eigenvalue weighted by molar-refractivity contribution is -0.132. The first-order valence-corrected chi connectivity index (χ1v) is 9.44. The Bertz CT molecular complexity index is 1390. The topological polar surface area (TPSA) is 97.2 Å². The highest BCUT2D eigenvalue weighted by Crippen LogP contribution is 2.33. The molecule has 1 aromatic heterocycles. The second-order valence-corrected chi connectivity index (χ2v) is 7.37. The lowest BCUT2D eigenvalue weighted by Gasteiger charge is -2.24. The predicted molar refractivity (Wildman–Crippen MR) is 110 cm³/mol. The van der Waals surface area contributed by atoms with Crippen molar-refractivity contribution in [2.75, 3.05) is 0 Å². The number of fused-ring (bicyclic) bond motifs is 2. The highest BCUT2D eigenvalue weighted by molar-refractivity contribution is 6.09. The van der Waals surface area contributed by atoms with Crippen LogP contribution in [-0.4, -0.2) is 31.8 Å². The summed E-state index contributed by atoms with van der Waals surface area (Å²) in [6.07, 6.45) is 0. The summed E-state index contributed by atoms with van der Waals surface area (Å²) < 4.78 is 1.02. The number of hydrogen-bond donors (Lipinski definition) is 1. The number of nitrogens with zero attached hydrogens (tertiary/aromatic N) is 4. The van der Waals surface area contributed by atoms with Gasteiger partial charge in [0.2, 0.25) is 0 Å². The molecule has 3 aromatic carbocycles. The summed E-state index contributed by atoms with van der Waals surface area (Å²) in [7, 11) is 0. The summed E-state index contributed by atoms with van der Waals surface area (Å²) in [5, 5.41) is 12.9. The Morgan fingerprint density at radius 3 is 2.43 bits per heavy atom. The molecule has 0 saturated carbocycles. The maximum absolute atomic E-state index is 13.3. The quantitative estimate of drug-likeness (QED) is 0.534. The summed E-state index contributed by atoms with van der Waals surface area (Å²) in [6.45, 7) is 1.35. The van der Waals surface area contributed by atoms with Crippen LogP contribution in [0.3, 0.4) is 0 Å². The Morgan fingerprint density at radius 1 is 0.900 bits per heavy atom. The Balaban J connectivity index is 1.55. The van der Waals surface area contributed by atoms with Crippen molar-refractivity contribution in [3.8, 4) is 0 Å². The minimum Gasteiger partial charge on any atom is -0.319 e. The number of nitrogens with one attached hydrogen (secondary N) is 1. The molecule has 4 aromatic rings. The van der Waals surface area contributed by atoms with Gasteiger partial charge in [-0.3, -0.25) is 9.59 Å². The highest BCUT2D eigenvalue weighted by atomic mass is 16.2. The first kappa shape index (κ1) is 18.0. The van der Waals surface area contributed by atoms with E-state index in [1.807, 2.05) is 42.5 Å². The van der Waals surface area contributed by atoms with Crippen LogP contribution < -0.4 is 10.9 Å². The van der Waals surface area contributed by atoms with E-state index in [-0.39, 0.29) is 6.67 Å². The van der Waals surface area contributed by atoms with Crippen molar-refractivity contribution < 1.29 is 9.59 Å². The minimum atomic E-state index is -1.26. The van der Waals surface area contributed by atoms with Crippen molar-refractivity contribution in [3.05, 3.63) is 82.6 Å². The number of imide groups is 1. The van der Waals surface area contributed by atoms with Crippen LogP contribution in [0, 0.1) is 0 Å². The lowest BCUT2D eigenvalue weighted by Crippen LogP contribution is -2.42. The molecule has 1 aliphatic heterocycles. The number of carbonyl (C=O) groups excluding carboxylic acids is 2. The molecule has 1 N–H and O–H groups in total. The smallest absolute Gasteiger partial charge is 0.319 e. The maximum atomic E-state index is 13.3. The third-order valence-corrected chi connectivity index (χ3v) is 5.51. The van der Waals surface area contributed by atoms with Gasteiger partial charge < -0.3 is 5.32 Å². The van der Waals surface area contributed by atoms with Crippen LogP contribution in [0.25, 0.3) is 21.7 Å². The molecule has 0 aliphatic carbocycles. The standard InChI is InChI=1S/C22H17N5O3/c1-22(17-11-6-8-14-7-2-3-9-15(14)17)20(29)26(21(30)23-22)13-27-19(28)16-10-4-5-12-18(16)24-25-27/h2-12H,13H2,1H3,(H,23,30)/t22-/m1/s1. The van der Waals surface area contributed by atoms with Gasteiger partial charge in [0.1, 0.15) is 17.7 Å². The van der Waals surface area contributed by atoms with E-state index in [1.165, 1.54) is 0 Å². The summed E-state index contributed by atoms with van der Waals surface area (Å²) >= 11 is 0. The fourth-order valence-corrected chi connectivity index (χ4v) is 3.92. The van der Waals surface area contributed by atoms with Gasteiger partial charge >= 0.3 is 6.03 Å². The van der Waals surface area contributed by atoms with Crippen molar-refractivity contribution in [1.29, 1.82) is 0 Å². The van der Waals surface area contributed by atoms with Gasteiger partial charge in [0.15, 0.2) is 0 Å². The zero-order valence-electron chi connectivity index (χ0n) is 16.1. The van der Waals surface area contributed by atoms with Crippen molar-refractivity contribution in [3.63, 3.8) is 0 Å². The zero-order chi connectivity index (χ0) is 20.9. The highest BCUT2D eigenvalue weighted by Gasteiger charge is 2.49. The van der Waals surface area contributed by atoms with Crippen molar-refractivity contribution in [1.82, 2.24) is 25.2 Å². The van der Waals surface area contributed by atoms with Gasteiger partial charge in [0.25, 0.3) is 11.5 Å². The number of rotatable bonds is 3. The van der Waals surface area contributed by atoms with Crippen molar-refractivity contribution in [2.45, 2.75) is 19.1 Å². The number of benzene rings is 3. The molecule has 0 radical (unpaired) electrons. The Hall–Kier alpha value is -4.07. The minimum absolute atomic E-state index is 0.318. The third kappa shape index (κ3) is 2.57. The molecule has 0 spiro atoms. The number of urea groups is 1. The number of carbonyl (C=O) groups is 2. The normalized spacial score (nSPS) is 18.9. The molecule has 3 amide bonds. The van der Waals surface area contributed by atoms with Gasteiger partial charge in [-0.2, -0.15) is 4.68 Å². The molecular formula is C22H17N5O3. The summed E-state index contributed by atoms with van der Waals surface area (Å²) in [6, 6.07) is 19.5. The second kappa shape index (κ2) is 6.48. The van der Waals surface area contributed by atoms with Crippen LogP contribution >= 0.6 is 0 Å². The monoisotopic (exact) mass is 399 g/mol. The Morgan fingerprint density at radius 2 is 1.60 bits per heavy atom. The van der Waals surface area contributed by atoms with E-state index >= 15 is 0 Å². The van der Waals surface area contributed by atoms with E-state index in [9.17, 15) is 14.4 Å². The number of aromatic nitrogens is 3. The van der Waals surface area contributed by atoms with Crippen LogP contribution in [0.4, 0.5) is 4.79 Å². The second-order valence-electron chi connectivity index (χ2n) is 7.37. The Labute approximate surface area is 170 Å². The molecule has 5 rings (SSSR count). The number of hydrogen-bond acceptors (Lipinski definition) is 5. The molecule has 1 fully saturated rings. The first-order valence-electron chi connectivity index (χ1n) is 9.44. The van der Waals surface area contributed by atoms with Crippen LogP contribution in [0.1, 0.15) is 12.5 Å². The SMILES string of the molecule is C[C@]1(c2cccc3ccccc23)NC(=O)N(Cn2nnc3ccccc3c2=O)C1=O. The third-order valence-electron chi connectivity index (χ3n) is 5.51. The summed E-state index contributed by atoms with van der Waals surface area (Å²) in [4.78, 5) is 39.8. The van der Waals surface area contributed by atoms with Gasteiger partial charge in [-0.15, -0.1) is 5.10 Å². The van der Waals surface area contributed by atoms with Crippen LogP contribution in [0.5, 0.6) is 0 Å².